The normalized spacial score (nSPS) is 12.7. The van der Waals surface area contributed by atoms with Crippen molar-refractivity contribution in [1.29, 1.82) is 0 Å². The van der Waals surface area contributed by atoms with Crippen LogP contribution < -0.4 is 10.6 Å². The molecule has 2 atom stereocenters. The van der Waals surface area contributed by atoms with E-state index in [1.807, 2.05) is 63.2 Å². The lowest BCUT2D eigenvalue weighted by molar-refractivity contribution is -0.139. The highest BCUT2D eigenvalue weighted by Crippen LogP contribution is 2.28. The van der Waals surface area contributed by atoms with Crippen LogP contribution in [0.3, 0.4) is 0 Å². The van der Waals surface area contributed by atoms with E-state index in [9.17, 15) is 19.5 Å². The first-order chi connectivity index (χ1) is 18.7. The van der Waals surface area contributed by atoms with Gasteiger partial charge in [-0.05, 0) is 82.0 Å². The Labute approximate surface area is 236 Å². The number of phenolic OH excluding ortho intramolecular Hbond substituents is 1. The summed E-state index contributed by atoms with van der Waals surface area (Å²) >= 11 is 0. The summed E-state index contributed by atoms with van der Waals surface area (Å²) in [5, 5.41) is 15.4. The number of carbonyl (C=O) groups is 3. The predicted molar refractivity (Wildman–Crippen MR) is 156 cm³/mol. The van der Waals surface area contributed by atoms with E-state index in [4.69, 9.17) is 4.74 Å². The minimum atomic E-state index is -1.04. The van der Waals surface area contributed by atoms with Gasteiger partial charge < -0.3 is 25.4 Å². The van der Waals surface area contributed by atoms with Gasteiger partial charge in [0.15, 0.2) is 0 Å². The Bertz CT molecular complexity index is 1360. The summed E-state index contributed by atoms with van der Waals surface area (Å²) in [5.74, 6) is -0.756. The molecule has 0 heterocycles. The van der Waals surface area contributed by atoms with Gasteiger partial charge in [0.2, 0.25) is 5.91 Å². The van der Waals surface area contributed by atoms with Gasteiger partial charge in [-0.25, -0.2) is 4.79 Å². The number of phenols is 1. The molecule has 3 aromatic rings. The number of benzene rings is 3. The number of aromatic hydroxyl groups is 1. The van der Waals surface area contributed by atoms with Gasteiger partial charge in [0, 0.05) is 19.2 Å². The summed E-state index contributed by atoms with van der Waals surface area (Å²) in [6.45, 7) is 11.0. The number of anilines is 1. The highest BCUT2D eigenvalue weighted by atomic mass is 16.6. The van der Waals surface area contributed by atoms with Gasteiger partial charge in [0.1, 0.15) is 23.4 Å². The standard InChI is InChI=1S/C32H39N3O5/c1-20-12-17-25(22(3)18-20)28(29(37)33-26-11-9-8-10-21(26)2)35(7)30(38)27(34-31(39)40-32(4,5)6)19-23-13-15-24(36)16-14-23/h8-18,27-28,36H,19H2,1-7H3,(H,33,37)(H,34,39). The second kappa shape index (κ2) is 12.7. The smallest absolute Gasteiger partial charge is 0.408 e. The van der Waals surface area contributed by atoms with Crippen LogP contribution in [0.15, 0.2) is 66.7 Å². The summed E-state index contributed by atoms with van der Waals surface area (Å²) in [5.41, 5.74) is 4.06. The van der Waals surface area contributed by atoms with Crippen LogP contribution in [0, 0.1) is 20.8 Å². The third kappa shape index (κ3) is 8.09. The number of rotatable bonds is 8. The lowest BCUT2D eigenvalue weighted by Crippen LogP contribution is -2.52. The van der Waals surface area contributed by atoms with Crippen molar-refractivity contribution in [1.82, 2.24) is 10.2 Å². The summed E-state index contributed by atoms with van der Waals surface area (Å²) in [7, 11) is 1.56. The van der Waals surface area contributed by atoms with Gasteiger partial charge >= 0.3 is 6.09 Å². The first-order valence-electron chi connectivity index (χ1n) is 13.2. The molecule has 3 N–H and O–H groups in total. The Balaban J connectivity index is 2.00. The highest BCUT2D eigenvalue weighted by Gasteiger charge is 2.35. The lowest BCUT2D eigenvalue weighted by atomic mass is 9.96. The molecule has 40 heavy (non-hydrogen) atoms. The van der Waals surface area contributed by atoms with Crippen LogP contribution in [-0.2, 0) is 20.7 Å². The molecule has 8 heteroatoms. The number of carbonyl (C=O) groups excluding carboxylic acids is 3. The van der Waals surface area contributed by atoms with Crippen molar-refractivity contribution in [3.63, 3.8) is 0 Å². The fraction of sp³-hybridized carbons (Fsp3) is 0.344. The van der Waals surface area contributed by atoms with Crippen LogP contribution in [0.1, 0.15) is 54.6 Å². The van der Waals surface area contributed by atoms with Crippen molar-refractivity contribution >= 4 is 23.6 Å². The fourth-order valence-electron chi connectivity index (χ4n) is 4.46. The Hall–Kier alpha value is -4.33. The number of alkyl carbamates (subject to hydrolysis) is 1. The largest absolute Gasteiger partial charge is 0.508 e. The maximum absolute atomic E-state index is 14.1. The van der Waals surface area contributed by atoms with E-state index in [-0.39, 0.29) is 18.1 Å². The summed E-state index contributed by atoms with van der Waals surface area (Å²) in [6, 6.07) is 17.5. The SMILES string of the molecule is Cc1ccc(C(C(=O)Nc2ccccc2C)N(C)C(=O)C(Cc2ccc(O)cc2)NC(=O)OC(C)(C)C)c(C)c1. The van der Waals surface area contributed by atoms with Crippen LogP contribution in [0.2, 0.25) is 0 Å². The number of aryl methyl sites for hydroxylation is 3. The third-order valence-corrected chi connectivity index (χ3v) is 6.47. The quantitative estimate of drug-likeness (QED) is 0.342. The molecule has 0 saturated carbocycles. The van der Waals surface area contributed by atoms with Crippen molar-refractivity contribution in [3.05, 3.63) is 94.5 Å². The van der Waals surface area contributed by atoms with Crippen LogP contribution >= 0.6 is 0 Å². The topological polar surface area (TPSA) is 108 Å². The fourth-order valence-corrected chi connectivity index (χ4v) is 4.46. The van der Waals surface area contributed by atoms with Crippen LogP contribution in [0.4, 0.5) is 10.5 Å². The van der Waals surface area contributed by atoms with Gasteiger partial charge in [0.25, 0.3) is 5.91 Å². The average Bonchev–Trinajstić information content (AvgIpc) is 2.86. The zero-order valence-electron chi connectivity index (χ0n) is 24.2. The molecule has 0 radical (unpaired) electrons. The number of nitrogens with one attached hydrogen (secondary N) is 2. The highest BCUT2D eigenvalue weighted by molar-refractivity contribution is 5.99. The van der Waals surface area contributed by atoms with E-state index in [0.29, 0.717) is 16.8 Å². The molecule has 0 aromatic heterocycles. The van der Waals surface area contributed by atoms with E-state index in [0.717, 1.165) is 16.7 Å². The molecule has 212 valence electrons. The van der Waals surface area contributed by atoms with Crippen molar-refractivity contribution < 1.29 is 24.2 Å². The number of ether oxygens (including phenoxy) is 1. The predicted octanol–water partition coefficient (Wildman–Crippen LogP) is 5.59. The number of hydrogen-bond acceptors (Lipinski definition) is 5. The van der Waals surface area contributed by atoms with E-state index in [2.05, 4.69) is 10.6 Å². The molecule has 3 rings (SSSR count). The number of para-hydroxylation sites is 1. The molecule has 0 spiro atoms. The zero-order valence-corrected chi connectivity index (χ0v) is 24.2. The molecule has 0 aliphatic rings. The molecule has 0 aliphatic heterocycles. The monoisotopic (exact) mass is 545 g/mol. The van der Waals surface area contributed by atoms with Crippen molar-refractivity contribution in [2.24, 2.45) is 0 Å². The third-order valence-electron chi connectivity index (χ3n) is 6.47. The number of nitrogens with zero attached hydrogens (tertiary/aromatic N) is 1. The molecular weight excluding hydrogens is 506 g/mol. The lowest BCUT2D eigenvalue weighted by Gasteiger charge is -2.32. The van der Waals surface area contributed by atoms with E-state index in [1.165, 1.54) is 17.0 Å². The Morgan fingerprint density at radius 3 is 2.17 bits per heavy atom. The van der Waals surface area contributed by atoms with Gasteiger partial charge in [-0.15, -0.1) is 0 Å². The molecule has 0 saturated heterocycles. The minimum absolute atomic E-state index is 0.0895. The van der Waals surface area contributed by atoms with Crippen LogP contribution in [-0.4, -0.2) is 46.6 Å². The van der Waals surface area contributed by atoms with Crippen LogP contribution in [0.25, 0.3) is 0 Å². The van der Waals surface area contributed by atoms with Gasteiger partial charge in [-0.1, -0.05) is 54.1 Å². The van der Waals surface area contributed by atoms with E-state index in [1.54, 1.807) is 40.0 Å². The average molecular weight is 546 g/mol. The Morgan fingerprint density at radius 2 is 1.57 bits per heavy atom. The molecule has 3 amide bonds. The number of hydrogen-bond donors (Lipinski definition) is 3. The van der Waals surface area contributed by atoms with Crippen molar-refractivity contribution in [2.45, 2.75) is 65.6 Å². The number of amides is 3. The molecule has 0 bridgehead atoms. The molecule has 2 unspecified atom stereocenters. The Kier molecular flexibility index (Phi) is 9.58. The molecule has 3 aromatic carbocycles. The summed E-state index contributed by atoms with van der Waals surface area (Å²) in [6.07, 6.45) is -0.618. The molecule has 8 nitrogen and oxygen atoms in total. The van der Waals surface area contributed by atoms with Gasteiger partial charge in [-0.2, -0.15) is 0 Å². The van der Waals surface area contributed by atoms with Crippen molar-refractivity contribution in [3.8, 4) is 5.75 Å². The molecular formula is C32H39N3O5. The summed E-state index contributed by atoms with van der Waals surface area (Å²) < 4.78 is 5.43. The van der Waals surface area contributed by atoms with Crippen molar-refractivity contribution in [2.75, 3.05) is 12.4 Å². The zero-order chi connectivity index (χ0) is 29.6. The second-order valence-corrected chi connectivity index (χ2v) is 11.1. The second-order valence-electron chi connectivity index (χ2n) is 11.1. The summed E-state index contributed by atoms with van der Waals surface area (Å²) in [4.78, 5) is 42.0. The maximum Gasteiger partial charge on any atom is 0.408 e. The molecule has 0 aliphatic carbocycles. The van der Waals surface area contributed by atoms with E-state index >= 15 is 0 Å². The number of likely N-dealkylation sites (N-methyl/N-ethyl adjacent to an activating group) is 1. The minimum Gasteiger partial charge on any atom is -0.508 e. The first kappa shape index (κ1) is 30.2. The molecule has 0 fully saturated rings. The first-order valence-corrected chi connectivity index (χ1v) is 13.2. The van der Waals surface area contributed by atoms with Gasteiger partial charge in [0.05, 0.1) is 0 Å². The Morgan fingerprint density at radius 1 is 0.925 bits per heavy atom. The maximum atomic E-state index is 14.1. The van der Waals surface area contributed by atoms with Gasteiger partial charge in [-0.3, -0.25) is 9.59 Å². The van der Waals surface area contributed by atoms with Crippen LogP contribution in [0.5, 0.6) is 5.75 Å². The van der Waals surface area contributed by atoms with E-state index < -0.39 is 29.7 Å².